The number of amides is 1. The van der Waals surface area contributed by atoms with Crippen LogP contribution in [0.5, 0.6) is 0 Å². The number of fused-ring (bicyclic) bond motifs is 1. The second kappa shape index (κ2) is 5.91. The molecule has 0 saturated heterocycles. The molecule has 0 atom stereocenters. The molecule has 0 radical (unpaired) electrons. The number of carbonyl (C=O) groups is 1. The zero-order valence-corrected chi connectivity index (χ0v) is 13.7. The highest BCUT2D eigenvalue weighted by Gasteiger charge is 2.28. The predicted molar refractivity (Wildman–Crippen MR) is 92.5 cm³/mol. The van der Waals surface area contributed by atoms with Crippen LogP contribution in [0.3, 0.4) is 0 Å². The van der Waals surface area contributed by atoms with Gasteiger partial charge in [-0.05, 0) is 44.5 Å². The normalized spacial score (nSPS) is 13.9. The molecule has 3 rings (SSSR count). The Bertz CT molecular complexity index is 810. The lowest BCUT2D eigenvalue weighted by Gasteiger charge is -2.37. The van der Waals surface area contributed by atoms with E-state index >= 15 is 0 Å². The molecule has 2 aromatic rings. The first kappa shape index (κ1) is 15.3. The smallest absolute Gasteiger partial charge is 0.264 e. The van der Waals surface area contributed by atoms with E-state index in [-0.39, 0.29) is 17.0 Å². The summed E-state index contributed by atoms with van der Waals surface area (Å²) in [7, 11) is 0. The van der Waals surface area contributed by atoms with E-state index in [1.54, 1.807) is 4.90 Å². The van der Waals surface area contributed by atoms with E-state index in [1.807, 2.05) is 44.2 Å². The Morgan fingerprint density at radius 1 is 1.17 bits per heavy atom. The van der Waals surface area contributed by atoms with Crippen molar-refractivity contribution in [1.29, 1.82) is 0 Å². The molecule has 1 aliphatic heterocycles. The minimum Gasteiger partial charge on any atom is -0.368 e. The van der Waals surface area contributed by atoms with E-state index in [1.165, 1.54) is 0 Å². The van der Waals surface area contributed by atoms with Gasteiger partial charge in [-0.3, -0.25) is 9.59 Å². The molecule has 0 fully saturated rings. The summed E-state index contributed by atoms with van der Waals surface area (Å²) in [5.41, 5.74) is 3.30. The van der Waals surface area contributed by atoms with Crippen LogP contribution in [0.4, 0.5) is 11.4 Å². The number of benzene rings is 1. The van der Waals surface area contributed by atoms with Gasteiger partial charge >= 0.3 is 0 Å². The highest BCUT2D eigenvalue weighted by molar-refractivity contribution is 6.09. The van der Waals surface area contributed by atoms with E-state index < -0.39 is 0 Å². The van der Waals surface area contributed by atoms with E-state index in [0.29, 0.717) is 12.1 Å². The van der Waals surface area contributed by atoms with Crippen LogP contribution in [0, 0.1) is 13.8 Å². The van der Waals surface area contributed by atoms with Gasteiger partial charge in [0.05, 0.1) is 11.4 Å². The lowest BCUT2D eigenvalue weighted by molar-refractivity contribution is 0.0984. The fourth-order valence-electron chi connectivity index (χ4n) is 3.22. The molecule has 1 aliphatic rings. The molecule has 1 aromatic heterocycles. The maximum absolute atomic E-state index is 13.0. The van der Waals surface area contributed by atoms with Gasteiger partial charge in [0.2, 0.25) is 0 Å². The summed E-state index contributed by atoms with van der Waals surface area (Å²) in [5.74, 6) is -0.230. The van der Waals surface area contributed by atoms with Gasteiger partial charge in [0, 0.05) is 25.3 Å². The molecule has 0 unspecified atom stereocenters. The first-order valence-electron chi connectivity index (χ1n) is 7.89. The van der Waals surface area contributed by atoms with Crippen molar-refractivity contribution in [3.05, 3.63) is 57.5 Å². The Morgan fingerprint density at radius 2 is 1.87 bits per heavy atom. The Kier molecular flexibility index (Phi) is 3.94. The summed E-state index contributed by atoms with van der Waals surface area (Å²) in [6, 6.07) is 9.68. The van der Waals surface area contributed by atoms with E-state index in [2.05, 4.69) is 16.8 Å². The number of nitrogens with zero attached hydrogens (tertiary/aromatic N) is 2. The number of anilines is 2. The maximum Gasteiger partial charge on any atom is 0.264 e. The molecule has 120 valence electrons. The maximum atomic E-state index is 13.0. The molecule has 0 bridgehead atoms. The van der Waals surface area contributed by atoms with E-state index in [4.69, 9.17) is 0 Å². The van der Waals surface area contributed by atoms with E-state index in [9.17, 15) is 9.59 Å². The molecular formula is C18H21N3O2. The van der Waals surface area contributed by atoms with Crippen molar-refractivity contribution in [2.75, 3.05) is 29.4 Å². The van der Waals surface area contributed by atoms with Crippen LogP contribution in [0.2, 0.25) is 0 Å². The van der Waals surface area contributed by atoms with Crippen LogP contribution in [-0.4, -0.2) is 30.5 Å². The Morgan fingerprint density at radius 3 is 2.52 bits per heavy atom. The van der Waals surface area contributed by atoms with Gasteiger partial charge in [0.15, 0.2) is 0 Å². The van der Waals surface area contributed by atoms with Gasteiger partial charge < -0.3 is 14.8 Å². The average Bonchev–Trinajstić information content (AvgIpc) is 2.52. The number of carbonyl (C=O) groups excluding carboxylic acids is 1. The predicted octanol–water partition coefficient (Wildman–Crippen LogP) is 2.48. The summed E-state index contributed by atoms with van der Waals surface area (Å²) < 4.78 is 0. The second-order valence-electron chi connectivity index (χ2n) is 5.86. The lowest BCUT2D eigenvalue weighted by atomic mass is 10.1. The molecule has 0 saturated carbocycles. The van der Waals surface area contributed by atoms with Crippen molar-refractivity contribution in [3.8, 4) is 0 Å². The SMILES string of the molecule is CCN1CCN(C(=O)c2c(C)cc(C)[nH]c2=O)c2ccccc21. The molecular weight excluding hydrogens is 290 g/mol. The van der Waals surface area contributed by atoms with Crippen LogP contribution < -0.4 is 15.4 Å². The monoisotopic (exact) mass is 311 g/mol. The van der Waals surface area contributed by atoms with E-state index in [0.717, 1.165) is 30.2 Å². The number of aromatic nitrogens is 1. The van der Waals surface area contributed by atoms with Gasteiger partial charge in [0.1, 0.15) is 5.56 Å². The largest absolute Gasteiger partial charge is 0.368 e. The van der Waals surface area contributed by atoms with Crippen LogP contribution in [0.15, 0.2) is 35.1 Å². The quantitative estimate of drug-likeness (QED) is 0.927. The van der Waals surface area contributed by atoms with Crippen LogP contribution >= 0.6 is 0 Å². The second-order valence-corrected chi connectivity index (χ2v) is 5.86. The number of hydrogen-bond donors (Lipinski definition) is 1. The lowest BCUT2D eigenvalue weighted by Crippen LogP contribution is -2.45. The summed E-state index contributed by atoms with van der Waals surface area (Å²) in [5, 5.41) is 0. The van der Waals surface area contributed by atoms with Gasteiger partial charge in [0.25, 0.3) is 11.5 Å². The Balaban J connectivity index is 2.06. The zero-order valence-electron chi connectivity index (χ0n) is 13.7. The number of aromatic amines is 1. The van der Waals surface area contributed by atoms with Gasteiger partial charge in [-0.1, -0.05) is 12.1 Å². The van der Waals surface area contributed by atoms with Crippen molar-refractivity contribution in [3.63, 3.8) is 0 Å². The number of pyridine rings is 1. The van der Waals surface area contributed by atoms with Crippen molar-refractivity contribution < 1.29 is 4.79 Å². The van der Waals surface area contributed by atoms with Gasteiger partial charge in [-0.15, -0.1) is 0 Å². The summed E-state index contributed by atoms with van der Waals surface area (Å²) >= 11 is 0. The minimum atomic E-state index is -0.317. The fourth-order valence-corrected chi connectivity index (χ4v) is 3.22. The number of hydrogen-bond acceptors (Lipinski definition) is 3. The number of H-pyrrole nitrogens is 1. The number of nitrogens with one attached hydrogen (secondary N) is 1. The van der Waals surface area contributed by atoms with Crippen molar-refractivity contribution in [2.24, 2.45) is 0 Å². The molecule has 5 nitrogen and oxygen atoms in total. The van der Waals surface area contributed by atoms with Crippen molar-refractivity contribution in [2.45, 2.75) is 20.8 Å². The highest BCUT2D eigenvalue weighted by atomic mass is 16.2. The Labute approximate surface area is 135 Å². The third-order valence-electron chi connectivity index (χ3n) is 4.31. The highest BCUT2D eigenvalue weighted by Crippen LogP contribution is 2.33. The summed E-state index contributed by atoms with van der Waals surface area (Å²) in [6.45, 7) is 7.96. The molecule has 1 N–H and O–H groups in total. The third-order valence-corrected chi connectivity index (χ3v) is 4.31. The standard InChI is InChI=1S/C18H21N3O2/c1-4-20-9-10-21(15-8-6-5-7-14(15)20)18(23)16-12(2)11-13(3)19-17(16)22/h5-8,11H,4,9-10H2,1-3H3,(H,19,22). The molecule has 23 heavy (non-hydrogen) atoms. The number of aryl methyl sites for hydroxylation is 2. The first-order valence-corrected chi connectivity index (χ1v) is 7.89. The van der Waals surface area contributed by atoms with Crippen LogP contribution in [0.25, 0.3) is 0 Å². The fraction of sp³-hybridized carbons (Fsp3) is 0.333. The van der Waals surface area contributed by atoms with Crippen molar-refractivity contribution in [1.82, 2.24) is 4.98 Å². The van der Waals surface area contributed by atoms with Gasteiger partial charge in [-0.2, -0.15) is 0 Å². The first-order chi connectivity index (χ1) is 11.0. The third kappa shape index (κ3) is 2.63. The van der Waals surface area contributed by atoms with Crippen LogP contribution in [0.1, 0.15) is 28.5 Å². The van der Waals surface area contributed by atoms with Gasteiger partial charge in [-0.25, -0.2) is 0 Å². The number of rotatable bonds is 2. The minimum absolute atomic E-state index is 0.230. The number of likely N-dealkylation sites (N-methyl/N-ethyl adjacent to an activating group) is 1. The molecule has 0 spiro atoms. The zero-order chi connectivity index (χ0) is 16.6. The molecule has 0 aliphatic carbocycles. The summed E-state index contributed by atoms with van der Waals surface area (Å²) in [6.07, 6.45) is 0. The Hall–Kier alpha value is -2.56. The molecule has 2 heterocycles. The molecule has 1 amide bonds. The van der Waals surface area contributed by atoms with Crippen molar-refractivity contribution >= 4 is 17.3 Å². The summed E-state index contributed by atoms with van der Waals surface area (Å²) in [4.78, 5) is 31.9. The number of para-hydroxylation sites is 2. The molecule has 5 heteroatoms. The average molecular weight is 311 g/mol. The van der Waals surface area contributed by atoms with Crippen LogP contribution in [-0.2, 0) is 0 Å². The molecule has 1 aromatic carbocycles. The topological polar surface area (TPSA) is 56.4 Å².